The van der Waals surface area contributed by atoms with Crippen LogP contribution < -0.4 is 10.6 Å². The van der Waals surface area contributed by atoms with Crippen molar-refractivity contribution in [2.75, 3.05) is 12.4 Å². The van der Waals surface area contributed by atoms with E-state index in [2.05, 4.69) is 25.6 Å². The van der Waals surface area contributed by atoms with Crippen molar-refractivity contribution >= 4 is 28.9 Å². The molecule has 0 radical (unpaired) electrons. The summed E-state index contributed by atoms with van der Waals surface area (Å²) in [7, 11) is 1.72. The number of aliphatic hydroxyl groups excluding tert-OH is 2. The zero-order chi connectivity index (χ0) is 22.2. The van der Waals surface area contributed by atoms with Crippen molar-refractivity contribution in [3.8, 4) is 0 Å². The Morgan fingerprint density at radius 1 is 1.16 bits per heavy atom. The highest BCUT2D eigenvalue weighted by molar-refractivity contribution is 5.82. The number of nitrogens with one attached hydrogen (secondary N) is 2. The molecule has 1 amide bonds. The quantitative estimate of drug-likeness (QED) is 0.418. The summed E-state index contributed by atoms with van der Waals surface area (Å²) in [6.45, 7) is 0. The van der Waals surface area contributed by atoms with Gasteiger partial charge in [-0.1, -0.05) is 12.8 Å². The molecule has 2 aromatic heterocycles. The summed E-state index contributed by atoms with van der Waals surface area (Å²) in [5.41, 5.74) is 0.545. The summed E-state index contributed by atoms with van der Waals surface area (Å²) < 4.78 is 1.70. The normalized spacial score (nSPS) is 27.5. The Bertz CT molecular complexity index is 972. The number of imidazole rings is 1. The highest BCUT2D eigenvalue weighted by Crippen LogP contribution is 2.44. The van der Waals surface area contributed by atoms with Crippen molar-refractivity contribution in [3.05, 3.63) is 12.7 Å². The minimum atomic E-state index is -1.16. The third-order valence-electron chi connectivity index (χ3n) is 6.68. The number of rotatable bonds is 7. The van der Waals surface area contributed by atoms with Crippen molar-refractivity contribution in [2.45, 2.75) is 69.2 Å². The van der Waals surface area contributed by atoms with Crippen LogP contribution in [0.25, 0.3) is 11.2 Å². The fraction of sp³-hybridized carbons (Fsp3) is 0.650. The minimum Gasteiger partial charge on any atom is -0.481 e. The molecule has 5 N–H and O–H groups in total. The second-order valence-electron chi connectivity index (χ2n) is 8.71. The van der Waals surface area contributed by atoms with E-state index >= 15 is 0 Å². The van der Waals surface area contributed by atoms with Gasteiger partial charge in [0.25, 0.3) is 0 Å². The number of fused-ring (bicyclic) bond motifs is 1. The molecule has 2 aliphatic carbocycles. The van der Waals surface area contributed by atoms with Crippen molar-refractivity contribution < 1.29 is 24.9 Å². The number of anilines is 1. The van der Waals surface area contributed by atoms with Crippen LogP contribution in [0.1, 0.15) is 51.0 Å². The molecule has 11 heteroatoms. The highest BCUT2D eigenvalue weighted by Gasteiger charge is 2.45. The minimum absolute atomic E-state index is 0.0343. The maximum absolute atomic E-state index is 12.7. The maximum Gasteiger partial charge on any atom is 0.303 e. The van der Waals surface area contributed by atoms with Gasteiger partial charge < -0.3 is 30.5 Å². The van der Waals surface area contributed by atoms with Crippen LogP contribution in [0.15, 0.2) is 12.7 Å². The predicted molar refractivity (Wildman–Crippen MR) is 110 cm³/mol. The van der Waals surface area contributed by atoms with Gasteiger partial charge in [0.1, 0.15) is 24.1 Å². The van der Waals surface area contributed by atoms with E-state index < -0.39 is 35.7 Å². The number of hydrogen-bond acceptors (Lipinski definition) is 8. The zero-order valence-corrected chi connectivity index (χ0v) is 17.4. The number of carboxylic acids is 1. The van der Waals surface area contributed by atoms with Gasteiger partial charge in [0.2, 0.25) is 5.91 Å². The van der Waals surface area contributed by atoms with E-state index in [1.165, 1.54) is 6.33 Å². The molecule has 0 spiro atoms. The molecule has 31 heavy (non-hydrogen) atoms. The first-order valence-corrected chi connectivity index (χ1v) is 10.6. The van der Waals surface area contributed by atoms with E-state index in [1.54, 1.807) is 17.9 Å². The van der Waals surface area contributed by atoms with E-state index in [1.807, 2.05) is 0 Å². The van der Waals surface area contributed by atoms with Gasteiger partial charge in [0.15, 0.2) is 11.5 Å². The van der Waals surface area contributed by atoms with Crippen LogP contribution >= 0.6 is 0 Å². The Kier molecular flexibility index (Phi) is 5.80. The first-order valence-electron chi connectivity index (χ1n) is 10.6. The van der Waals surface area contributed by atoms with Crippen molar-refractivity contribution in [1.29, 1.82) is 0 Å². The van der Waals surface area contributed by atoms with E-state index in [4.69, 9.17) is 0 Å². The maximum atomic E-state index is 12.7. The molecule has 0 bridgehead atoms. The predicted octanol–water partition coefficient (Wildman–Crippen LogP) is 0.445. The highest BCUT2D eigenvalue weighted by atomic mass is 16.4. The second kappa shape index (κ2) is 8.39. The number of hydrogen-bond donors (Lipinski definition) is 5. The van der Waals surface area contributed by atoms with Crippen LogP contribution in [0.5, 0.6) is 0 Å². The van der Waals surface area contributed by atoms with Crippen LogP contribution in [-0.2, 0) is 9.59 Å². The standard InChI is InChI=1S/C20H28N6O5/c1-21-18-15-19(23-9-22-18)26(10-24-15)12-6-11(16(30)17(12)31)25-13(27)7-20(8-14(28)29)4-2-3-5-20/h9-12,16-17,30-31H,2-8H2,1H3,(H,25,27)(H,28,29)(H,21,22,23)/t11-,12+,16-,17+/m1/s1. The van der Waals surface area contributed by atoms with Gasteiger partial charge in [-0.2, -0.15) is 0 Å². The van der Waals surface area contributed by atoms with Gasteiger partial charge in [0, 0.05) is 13.5 Å². The number of aliphatic hydroxyl groups is 2. The van der Waals surface area contributed by atoms with Crippen LogP contribution in [0, 0.1) is 5.41 Å². The fourth-order valence-corrected chi connectivity index (χ4v) is 5.16. The Labute approximate surface area is 178 Å². The third kappa shape index (κ3) is 4.07. The Hall–Kier alpha value is -2.79. The van der Waals surface area contributed by atoms with Gasteiger partial charge in [-0.25, -0.2) is 15.0 Å². The number of aliphatic carboxylic acids is 1. The summed E-state index contributed by atoms with van der Waals surface area (Å²) in [4.78, 5) is 36.7. The van der Waals surface area contributed by atoms with Gasteiger partial charge >= 0.3 is 5.97 Å². The first kappa shape index (κ1) is 21.4. The lowest BCUT2D eigenvalue weighted by Crippen LogP contribution is -2.44. The summed E-state index contributed by atoms with van der Waals surface area (Å²) in [6.07, 6.45) is 4.28. The molecule has 2 aliphatic rings. The lowest BCUT2D eigenvalue weighted by molar-refractivity contribution is -0.140. The number of amides is 1. The number of aromatic nitrogens is 4. The topological polar surface area (TPSA) is 162 Å². The molecule has 168 valence electrons. The fourth-order valence-electron chi connectivity index (χ4n) is 5.16. The number of nitrogens with zero attached hydrogens (tertiary/aromatic N) is 4. The van der Waals surface area contributed by atoms with Crippen LogP contribution in [0.3, 0.4) is 0 Å². The molecule has 4 rings (SSSR count). The SMILES string of the molecule is CNc1ncnc2c1ncn2[C@H]1C[C@@H](NC(=O)CC2(CC(=O)O)CCCC2)[C@@H](O)[C@H]1O. The van der Waals surface area contributed by atoms with Crippen LogP contribution in [0.2, 0.25) is 0 Å². The molecule has 0 aromatic carbocycles. The summed E-state index contributed by atoms with van der Waals surface area (Å²) in [5.74, 6) is -0.640. The van der Waals surface area contributed by atoms with Crippen molar-refractivity contribution in [2.24, 2.45) is 5.41 Å². The molecule has 0 unspecified atom stereocenters. The molecule has 2 fully saturated rings. The average molecular weight is 432 g/mol. The smallest absolute Gasteiger partial charge is 0.303 e. The molecular weight excluding hydrogens is 404 g/mol. The number of carbonyl (C=O) groups is 2. The van der Waals surface area contributed by atoms with Gasteiger partial charge in [-0.15, -0.1) is 0 Å². The summed E-state index contributed by atoms with van der Waals surface area (Å²) in [5, 5.41) is 36.3. The average Bonchev–Trinajstić information content (AvgIpc) is 3.42. The van der Waals surface area contributed by atoms with Gasteiger partial charge in [0.05, 0.1) is 24.8 Å². The summed E-state index contributed by atoms with van der Waals surface area (Å²) in [6, 6.07) is -1.18. The lowest BCUT2D eigenvalue weighted by atomic mass is 9.79. The first-order chi connectivity index (χ1) is 14.8. The molecule has 11 nitrogen and oxygen atoms in total. The van der Waals surface area contributed by atoms with E-state index in [0.29, 0.717) is 36.2 Å². The molecule has 4 atom stereocenters. The number of carbonyl (C=O) groups excluding carboxylic acids is 1. The molecule has 2 saturated carbocycles. The van der Waals surface area contributed by atoms with Crippen LogP contribution in [0.4, 0.5) is 5.82 Å². The largest absolute Gasteiger partial charge is 0.481 e. The van der Waals surface area contributed by atoms with E-state index in [0.717, 1.165) is 12.8 Å². The van der Waals surface area contributed by atoms with Crippen molar-refractivity contribution in [1.82, 2.24) is 24.8 Å². The molecule has 2 heterocycles. The Balaban J connectivity index is 1.48. The Morgan fingerprint density at radius 2 is 1.90 bits per heavy atom. The van der Waals surface area contributed by atoms with E-state index in [-0.39, 0.29) is 18.7 Å². The Morgan fingerprint density at radius 3 is 2.58 bits per heavy atom. The van der Waals surface area contributed by atoms with Gasteiger partial charge in [-0.3, -0.25) is 9.59 Å². The summed E-state index contributed by atoms with van der Waals surface area (Å²) >= 11 is 0. The monoisotopic (exact) mass is 432 g/mol. The molecular formula is C20H28N6O5. The third-order valence-corrected chi connectivity index (χ3v) is 6.68. The number of carboxylic acid groups (broad SMARTS) is 1. The van der Waals surface area contributed by atoms with E-state index in [9.17, 15) is 24.9 Å². The molecule has 0 aliphatic heterocycles. The van der Waals surface area contributed by atoms with Crippen LogP contribution in [-0.4, -0.2) is 72.0 Å². The van der Waals surface area contributed by atoms with Crippen molar-refractivity contribution in [3.63, 3.8) is 0 Å². The molecule has 2 aromatic rings. The second-order valence-corrected chi connectivity index (χ2v) is 8.71. The molecule has 0 saturated heterocycles. The lowest BCUT2D eigenvalue weighted by Gasteiger charge is -2.27. The van der Waals surface area contributed by atoms with Gasteiger partial charge in [-0.05, 0) is 24.7 Å². The zero-order valence-electron chi connectivity index (χ0n) is 17.4.